The molecule has 0 unspecified atom stereocenters. The molecule has 0 atom stereocenters. The number of hydrogen-bond acceptors (Lipinski definition) is 5. The number of nitrogens with zero attached hydrogens (tertiary/aromatic N) is 1. The van der Waals surface area contributed by atoms with Crippen molar-refractivity contribution >= 4 is 29.0 Å². The average Bonchev–Trinajstić information content (AvgIpc) is 2.55. The van der Waals surface area contributed by atoms with E-state index < -0.39 is 10.8 Å². The number of nitro groups is 1. The van der Waals surface area contributed by atoms with Crippen LogP contribution in [0.5, 0.6) is 5.75 Å². The fraction of sp³-hybridized carbons (Fsp3) is 0.188. The zero-order chi connectivity index (χ0) is 16.8. The molecule has 1 N–H and O–H groups in total. The molecule has 2 aromatic rings. The Balaban J connectivity index is 2.26. The Labute approximate surface area is 138 Å². The zero-order valence-corrected chi connectivity index (χ0v) is 13.6. The molecule has 0 aliphatic carbocycles. The molecule has 0 saturated carbocycles. The molecule has 0 spiro atoms. The summed E-state index contributed by atoms with van der Waals surface area (Å²) in [4.78, 5) is 23.9. The molecular formula is C16H16N2O4S. The molecule has 1 amide bonds. The van der Waals surface area contributed by atoms with Gasteiger partial charge in [-0.05, 0) is 36.1 Å². The largest absolute Gasteiger partial charge is 0.496 e. The van der Waals surface area contributed by atoms with Crippen molar-refractivity contribution in [2.24, 2.45) is 0 Å². The fourth-order valence-electron chi connectivity index (χ4n) is 1.98. The van der Waals surface area contributed by atoms with E-state index in [1.807, 2.05) is 13.0 Å². The van der Waals surface area contributed by atoms with Crippen molar-refractivity contribution in [3.63, 3.8) is 0 Å². The van der Waals surface area contributed by atoms with E-state index in [4.69, 9.17) is 4.74 Å². The summed E-state index contributed by atoms with van der Waals surface area (Å²) in [6.45, 7) is 2.03. The lowest BCUT2D eigenvalue weighted by atomic mass is 10.2. The van der Waals surface area contributed by atoms with Crippen LogP contribution < -0.4 is 10.1 Å². The molecule has 0 heterocycles. The second-order valence-corrected chi connectivity index (χ2v) is 5.89. The van der Waals surface area contributed by atoms with E-state index in [1.54, 1.807) is 36.0 Å². The van der Waals surface area contributed by atoms with E-state index in [0.717, 1.165) is 10.6 Å². The number of nitrogens with one attached hydrogen (secondary N) is 1. The number of anilines is 1. The maximum Gasteiger partial charge on any atom is 0.296 e. The first-order valence-corrected chi connectivity index (χ1v) is 7.90. The van der Waals surface area contributed by atoms with Gasteiger partial charge in [0.1, 0.15) is 11.4 Å². The average molecular weight is 332 g/mol. The highest BCUT2D eigenvalue weighted by atomic mass is 32.2. The minimum absolute atomic E-state index is 0.134. The number of methoxy groups -OCH3 is 1. The molecule has 0 radical (unpaired) electrons. The quantitative estimate of drug-likeness (QED) is 0.492. The van der Waals surface area contributed by atoms with Gasteiger partial charge < -0.3 is 10.1 Å². The van der Waals surface area contributed by atoms with Crippen LogP contribution in [-0.4, -0.2) is 23.7 Å². The normalized spacial score (nSPS) is 10.2. The lowest BCUT2D eigenvalue weighted by Gasteiger charge is -2.08. The van der Waals surface area contributed by atoms with Crippen molar-refractivity contribution in [3.05, 3.63) is 58.1 Å². The maximum absolute atomic E-state index is 12.3. The number of hydrogen-bond donors (Lipinski definition) is 1. The summed E-state index contributed by atoms with van der Waals surface area (Å²) in [6.07, 6.45) is 0. The van der Waals surface area contributed by atoms with E-state index in [1.165, 1.54) is 19.2 Å². The molecule has 23 heavy (non-hydrogen) atoms. The maximum atomic E-state index is 12.3. The highest BCUT2D eigenvalue weighted by Gasteiger charge is 2.18. The Hall–Kier alpha value is -2.54. The molecule has 2 rings (SSSR count). The van der Waals surface area contributed by atoms with Crippen molar-refractivity contribution in [2.45, 2.75) is 11.8 Å². The van der Waals surface area contributed by atoms with Crippen molar-refractivity contribution in [1.29, 1.82) is 0 Å². The molecule has 0 aliphatic heterocycles. The topological polar surface area (TPSA) is 81.5 Å². The van der Waals surface area contributed by atoms with E-state index in [0.29, 0.717) is 11.3 Å². The van der Waals surface area contributed by atoms with Crippen LogP contribution in [0.1, 0.15) is 17.3 Å². The fourth-order valence-corrected chi connectivity index (χ4v) is 2.70. The molecule has 0 saturated heterocycles. The third-order valence-electron chi connectivity index (χ3n) is 3.06. The van der Waals surface area contributed by atoms with Crippen molar-refractivity contribution in [1.82, 2.24) is 0 Å². The predicted octanol–water partition coefficient (Wildman–Crippen LogP) is 3.97. The Kier molecular flexibility index (Phi) is 5.59. The van der Waals surface area contributed by atoms with Gasteiger partial charge in [0.2, 0.25) is 0 Å². The van der Waals surface area contributed by atoms with Gasteiger partial charge >= 0.3 is 0 Å². The van der Waals surface area contributed by atoms with Crippen molar-refractivity contribution in [3.8, 4) is 5.75 Å². The number of benzene rings is 2. The lowest BCUT2D eigenvalue weighted by molar-refractivity contribution is -0.384. The van der Waals surface area contributed by atoms with Crippen LogP contribution in [0.3, 0.4) is 0 Å². The van der Waals surface area contributed by atoms with Gasteiger partial charge in [0, 0.05) is 10.5 Å². The van der Waals surface area contributed by atoms with E-state index in [-0.39, 0.29) is 11.4 Å². The standard InChI is InChI=1S/C16H16N2O4S/c1-3-23-13-6-4-5-11(9-13)16(19)17-14-8-7-12(22-2)10-15(14)18(20)21/h4-10H,3H2,1-2H3,(H,17,19). The first kappa shape index (κ1) is 16.8. The van der Waals surface area contributed by atoms with Crippen LogP contribution in [0.15, 0.2) is 47.4 Å². The Morgan fingerprint density at radius 2 is 2.09 bits per heavy atom. The molecule has 7 heteroatoms. The summed E-state index contributed by atoms with van der Waals surface area (Å²) < 4.78 is 4.97. The second-order valence-electron chi connectivity index (χ2n) is 4.56. The highest BCUT2D eigenvalue weighted by Crippen LogP contribution is 2.29. The SMILES string of the molecule is CCSc1cccc(C(=O)Nc2ccc(OC)cc2[N+](=O)[O-])c1. The Bertz CT molecular complexity index is 734. The summed E-state index contributed by atoms with van der Waals surface area (Å²) in [7, 11) is 1.42. The van der Waals surface area contributed by atoms with Crippen LogP contribution in [-0.2, 0) is 0 Å². The zero-order valence-electron chi connectivity index (χ0n) is 12.7. The molecule has 0 bridgehead atoms. The molecule has 0 aliphatic rings. The molecule has 120 valence electrons. The summed E-state index contributed by atoms with van der Waals surface area (Å²) in [5.41, 5.74) is 0.375. The van der Waals surface area contributed by atoms with E-state index >= 15 is 0 Å². The summed E-state index contributed by atoms with van der Waals surface area (Å²) in [6, 6.07) is 11.4. The lowest BCUT2D eigenvalue weighted by Crippen LogP contribution is -2.13. The number of carbonyl (C=O) groups is 1. The van der Waals surface area contributed by atoms with Gasteiger partial charge in [-0.3, -0.25) is 14.9 Å². The summed E-state index contributed by atoms with van der Waals surface area (Å²) >= 11 is 1.62. The van der Waals surface area contributed by atoms with Crippen LogP contribution in [0, 0.1) is 10.1 Å². The van der Waals surface area contributed by atoms with Crippen LogP contribution >= 0.6 is 11.8 Å². The number of ether oxygens (including phenoxy) is 1. The molecule has 6 nitrogen and oxygen atoms in total. The molecular weight excluding hydrogens is 316 g/mol. The minimum Gasteiger partial charge on any atom is -0.496 e. The van der Waals surface area contributed by atoms with Gasteiger partial charge in [0.05, 0.1) is 18.1 Å². The van der Waals surface area contributed by atoms with Gasteiger partial charge in [-0.15, -0.1) is 11.8 Å². The second kappa shape index (κ2) is 7.64. The number of rotatable bonds is 6. The highest BCUT2D eigenvalue weighted by molar-refractivity contribution is 7.99. The number of amides is 1. The number of carbonyl (C=O) groups excluding carboxylic acids is 1. The summed E-state index contributed by atoms with van der Waals surface area (Å²) in [5.74, 6) is 0.863. The smallest absolute Gasteiger partial charge is 0.296 e. The van der Waals surface area contributed by atoms with Crippen molar-refractivity contribution in [2.75, 3.05) is 18.2 Å². The third kappa shape index (κ3) is 4.23. The first-order chi connectivity index (χ1) is 11.0. The van der Waals surface area contributed by atoms with Crippen LogP contribution in [0.2, 0.25) is 0 Å². The van der Waals surface area contributed by atoms with E-state index in [2.05, 4.69) is 5.32 Å². The van der Waals surface area contributed by atoms with Crippen LogP contribution in [0.4, 0.5) is 11.4 Å². The van der Waals surface area contributed by atoms with Gasteiger partial charge in [0.25, 0.3) is 11.6 Å². The van der Waals surface area contributed by atoms with Gasteiger partial charge in [-0.2, -0.15) is 0 Å². The Morgan fingerprint density at radius 1 is 1.30 bits per heavy atom. The molecule has 0 aromatic heterocycles. The number of nitro benzene ring substituents is 1. The summed E-state index contributed by atoms with van der Waals surface area (Å²) in [5, 5.41) is 13.7. The van der Waals surface area contributed by atoms with E-state index in [9.17, 15) is 14.9 Å². The third-order valence-corrected chi connectivity index (χ3v) is 3.93. The van der Waals surface area contributed by atoms with Gasteiger partial charge in [0.15, 0.2) is 0 Å². The molecule has 2 aromatic carbocycles. The Morgan fingerprint density at radius 3 is 2.74 bits per heavy atom. The van der Waals surface area contributed by atoms with Crippen molar-refractivity contribution < 1.29 is 14.5 Å². The monoisotopic (exact) mass is 332 g/mol. The van der Waals surface area contributed by atoms with Gasteiger partial charge in [-0.25, -0.2) is 0 Å². The van der Waals surface area contributed by atoms with Gasteiger partial charge in [-0.1, -0.05) is 13.0 Å². The predicted molar refractivity (Wildman–Crippen MR) is 90.4 cm³/mol. The first-order valence-electron chi connectivity index (χ1n) is 6.91. The minimum atomic E-state index is -0.554. The number of thioether (sulfide) groups is 1. The van der Waals surface area contributed by atoms with Crippen LogP contribution in [0.25, 0.3) is 0 Å². The molecule has 0 fully saturated rings.